The number of alkyl carbamates (subject to hydrolysis) is 1. The smallest absolute Gasteiger partial charge is 0.475 e. The highest BCUT2D eigenvalue weighted by Gasteiger charge is 2.38. The molecule has 1 atom stereocenters. The molecular formula is C44H55F3N10O7. The topological polar surface area (TPSA) is 239 Å². The van der Waals surface area contributed by atoms with Crippen LogP contribution in [0, 0.1) is 18.8 Å². The van der Waals surface area contributed by atoms with Gasteiger partial charge in [0.1, 0.15) is 17.3 Å². The SMILES string of the molecule is Cc1nc(C(=O)NC2CCN(C)CC2)ccc1-c1ccc(C[C@@H](C(N)=O)N(C(=O)C2CCC(CNC(=O)OC(C)(C)C)CC2)c2ccc(-c3nn[nH]n3)cc2)cc1.O=C(O)C(F)(F)F. The average molecular weight is 893 g/mol. The van der Waals surface area contributed by atoms with Gasteiger partial charge in [-0.3, -0.25) is 19.3 Å². The van der Waals surface area contributed by atoms with E-state index >= 15 is 0 Å². The van der Waals surface area contributed by atoms with Crippen LogP contribution in [0.3, 0.4) is 0 Å². The number of aryl methyl sites for hydroxylation is 1. The number of benzene rings is 2. The number of alkyl halides is 3. The van der Waals surface area contributed by atoms with Gasteiger partial charge in [0.15, 0.2) is 0 Å². The van der Waals surface area contributed by atoms with Crippen molar-refractivity contribution >= 4 is 35.5 Å². The molecule has 2 fully saturated rings. The minimum Gasteiger partial charge on any atom is -0.475 e. The van der Waals surface area contributed by atoms with Crippen LogP contribution < -0.4 is 21.3 Å². The summed E-state index contributed by atoms with van der Waals surface area (Å²) in [5.41, 5.74) is 10.5. The van der Waals surface area contributed by atoms with E-state index in [9.17, 15) is 32.3 Å². The van der Waals surface area contributed by atoms with Gasteiger partial charge in [0, 0.05) is 47.4 Å². The summed E-state index contributed by atoms with van der Waals surface area (Å²) in [6.07, 6.45) is -0.849. The lowest BCUT2D eigenvalue weighted by Gasteiger charge is -2.36. The number of aliphatic carboxylic acids is 1. The first-order valence-electron chi connectivity index (χ1n) is 21.0. The van der Waals surface area contributed by atoms with Crippen LogP contribution in [-0.4, -0.2) is 116 Å². The fourth-order valence-electron chi connectivity index (χ4n) is 7.64. The summed E-state index contributed by atoms with van der Waals surface area (Å²) in [7, 11) is 2.09. The van der Waals surface area contributed by atoms with E-state index in [4.69, 9.17) is 20.4 Å². The molecule has 2 aromatic heterocycles. The van der Waals surface area contributed by atoms with E-state index < -0.39 is 35.8 Å². The van der Waals surface area contributed by atoms with Crippen LogP contribution in [-0.2, 0) is 25.5 Å². The zero-order chi connectivity index (χ0) is 46.8. The summed E-state index contributed by atoms with van der Waals surface area (Å²) in [6, 6.07) is 17.7. The number of hydrogen-bond donors (Lipinski definition) is 5. The molecule has 0 bridgehead atoms. The Morgan fingerprint density at radius 1 is 0.922 bits per heavy atom. The molecule has 0 unspecified atom stereocenters. The first-order valence-corrected chi connectivity index (χ1v) is 21.0. The number of carboxylic acid groups (broad SMARTS) is 1. The van der Waals surface area contributed by atoms with Gasteiger partial charge in [-0.1, -0.05) is 30.3 Å². The Balaban J connectivity index is 0.00000102. The Hall–Kier alpha value is -6.44. The Morgan fingerprint density at radius 2 is 1.53 bits per heavy atom. The van der Waals surface area contributed by atoms with Gasteiger partial charge in [0.2, 0.25) is 17.6 Å². The maximum atomic E-state index is 14.5. The number of tetrazole rings is 1. The number of amides is 4. The largest absolute Gasteiger partial charge is 0.490 e. The number of likely N-dealkylation sites (tertiary alicyclic amines) is 1. The second-order valence-electron chi connectivity index (χ2n) is 17.1. The summed E-state index contributed by atoms with van der Waals surface area (Å²) in [4.78, 5) is 70.4. The number of ether oxygens (including phenoxy) is 1. The molecule has 20 heteroatoms. The quantitative estimate of drug-likeness (QED) is 0.119. The number of nitrogens with two attached hydrogens (primary N) is 1. The minimum atomic E-state index is -5.08. The Morgan fingerprint density at radius 3 is 2.06 bits per heavy atom. The fraction of sp³-hybridized carbons (Fsp3) is 0.477. The van der Waals surface area contributed by atoms with Crippen LogP contribution in [0.5, 0.6) is 0 Å². The van der Waals surface area contributed by atoms with Crippen molar-refractivity contribution in [3.63, 3.8) is 0 Å². The van der Waals surface area contributed by atoms with Crippen molar-refractivity contribution in [1.29, 1.82) is 0 Å². The van der Waals surface area contributed by atoms with Crippen molar-refractivity contribution in [2.75, 3.05) is 31.6 Å². The fourth-order valence-corrected chi connectivity index (χ4v) is 7.64. The number of primary amides is 1. The number of aromatic amines is 1. The van der Waals surface area contributed by atoms with Crippen LogP contribution >= 0.6 is 0 Å². The molecule has 2 aromatic carbocycles. The Labute approximate surface area is 368 Å². The summed E-state index contributed by atoms with van der Waals surface area (Å²) < 4.78 is 37.1. The van der Waals surface area contributed by atoms with Gasteiger partial charge in [0.05, 0.1) is 0 Å². The zero-order valence-corrected chi connectivity index (χ0v) is 36.4. The number of nitrogens with one attached hydrogen (secondary N) is 3. The van der Waals surface area contributed by atoms with Crippen molar-refractivity contribution in [2.24, 2.45) is 17.6 Å². The molecule has 1 saturated carbocycles. The van der Waals surface area contributed by atoms with Crippen LogP contribution in [0.4, 0.5) is 23.7 Å². The highest BCUT2D eigenvalue weighted by Crippen LogP contribution is 2.34. The number of halogens is 3. The lowest BCUT2D eigenvalue weighted by atomic mass is 9.81. The number of pyridine rings is 1. The first kappa shape index (κ1) is 48.6. The number of nitrogens with zero attached hydrogens (tertiary/aromatic N) is 6. The van der Waals surface area contributed by atoms with E-state index in [0.717, 1.165) is 61.2 Å². The van der Waals surface area contributed by atoms with Gasteiger partial charge >= 0.3 is 18.2 Å². The second-order valence-corrected chi connectivity index (χ2v) is 17.1. The van der Waals surface area contributed by atoms with Crippen LogP contribution in [0.15, 0.2) is 60.7 Å². The molecule has 0 radical (unpaired) electrons. The van der Waals surface area contributed by atoms with Crippen molar-refractivity contribution in [3.8, 4) is 22.5 Å². The maximum absolute atomic E-state index is 14.5. The zero-order valence-electron chi connectivity index (χ0n) is 36.4. The highest BCUT2D eigenvalue weighted by atomic mass is 19.4. The van der Waals surface area contributed by atoms with E-state index in [2.05, 4.69) is 48.2 Å². The van der Waals surface area contributed by atoms with E-state index in [1.165, 1.54) is 0 Å². The van der Waals surface area contributed by atoms with Gasteiger partial charge in [-0.15, -0.1) is 10.2 Å². The van der Waals surface area contributed by atoms with Gasteiger partial charge in [-0.05, 0) is 139 Å². The summed E-state index contributed by atoms with van der Waals surface area (Å²) in [5.74, 6) is -3.46. The molecule has 1 aliphatic carbocycles. The second kappa shape index (κ2) is 21.3. The van der Waals surface area contributed by atoms with E-state index in [1.807, 2.05) is 58.0 Å². The van der Waals surface area contributed by atoms with Gasteiger partial charge < -0.3 is 31.1 Å². The number of carbonyl (C=O) groups excluding carboxylic acids is 4. The highest BCUT2D eigenvalue weighted by molar-refractivity contribution is 6.02. The number of carbonyl (C=O) groups is 5. The monoisotopic (exact) mass is 892 g/mol. The third-order valence-electron chi connectivity index (χ3n) is 11.1. The van der Waals surface area contributed by atoms with Gasteiger partial charge in [-0.25, -0.2) is 14.6 Å². The number of hydrogen-bond acceptors (Lipinski definition) is 11. The molecule has 1 saturated heterocycles. The molecule has 4 aromatic rings. The van der Waals surface area contributed by atoms with Gasteiger partial charge in [-0.2, -0.15) is 18.4 Å². The lowest BCUT2D eigenvalue weighted by molar-refractivity contribution is -0.192. The molecule has 64 heavy (non-hydrogen) atoms. The Bertz CT molecular complexity index is 2220. The number of anilines is 1. The van der Waals surface area contributed by atoms with Crippen LogP contribution in [0.25, 0.3) is 22.5 Å². The number of H-pyrrole nitrogens is 1. The minimum absolute atomic E-state index is 0.143. The van der Waals surface area contributed by atoms with Crippen molar-refractivity contribution in [3.05, 3.63) is 77.6 Å². The van der Waals surface area contributed by atoms with Crippen molar-refractivity contribution < 1.29 is 47.0 Å². The predicted octanol–water partition coefficient (Wildman–Crippen LogP) is 5.46. The van der Waals surface area contributed by atoms with Crippen molar-refractivity contribution in [1.82, 2.24) is 41.1 Å². The molecule has 6 rings (SSSR count). The third kappa shape index (κ3) is 13.8. The first-order chi connectivity index (χ1) is 30.2. The molecule has 344 valence electrons. The molecule has 1 aliphatic heterocycles. The summed E-state index contributed by atoms with van der Waals surface area (Å²) >= 11 is 0. The van der Waals surface area contributed by atoms with E-state index in [1.54, 1.807) is 35.2 Å². The van der Waals surface area contributed by atoms with Crippen LogP contribution in [0.1, 0.15) is 81.0 Å². The molecule has 3 heterocycles. The maximum Gasteiger partial charge on any atom is 0.490 e. The Kier molecular flexibility index (Phi) is 16.2. The molecule has 4 amide bonds. The van der Waals surface area contributed by atoms with E-state index in [-0.39, 0.29) is 36.1 Å². The molecule has 17 nitrogen and oxygen atoms in total. The number of carboxylic acids is 1. The molecular weight excluding hydrogens is 838 g/mol. The molecule has 0 spiro atoms. The number of piperidine rings is 1. The number of rotatable bonds is 12. The third-order valence-corrected chi connectivity index (χ3v) is 11.1. The molecule has 2 aliphatic rings. The lowest BCUT2D eigenvalue weighted by Crippen LogP contribution is -2.52. The average Bonchev–Trinajstić information content (AvgIpc) is 3.79. The van der Waals surface area contributed by atoms with Crippen molar-refractivity contribution in [2.45, 2.75) is 96.5 Å². The normalized spacial score (nSPS) is 17.6. The standard InChI is InChI=1S/C42H54N10O5.C2HF3O2/c1-26-34(18-19-35(45-26)39(54)46-32-20-22-51(5)23-21-32)29-10-6-27(7-11-29)24-36(37(43)53)52(33-16-14-30(15-17-33)38-47-49-50-48-38)40(55)31-12-8-28(9-13-31)25-44-41(56)57-42(2,3)4;3-2(4,5)1(6)7/h6-7,10-11,14-19,28,31-32,36H,8-9,12-13,20-25H2,1-5H3,(H2,43,53)(H,44,56)(H,46,54)(H,47,48,49,50);(H,6,7)/t28?,31?,36-;/m0./s1. The molecule has 6 N–H and O–H groups in total. The summed E-state index contributed by atoms with van der Waals surface area (Å²) in [5, 5.41) is 27.3. The van der Waals surface area contributed by atoms with Gasteiger partial charge in [0.25, 0.3) is 5.91 Å². The number of aromatic nitrogens is 5. The van der Waals surface area contributed by atoms with E-state index in [0.29, 0.717) is 42.2 Å². The van der Waals surface area contributed by atoms with Crippen LogP contribution in [0.2, 0.25) is 0 Å². The summed E-state index contributed by atoms with van der Waals surface area (Å²) in [6.45, 7) is 9.72. The predicted molar refractivity (Wildman–Crippen MR) is 230 cm³/mol.